The molecule has 2 rings (SSSR count). The third-order valence-electron chi connectivity index (χ3n) is 2.57. The largest absolute Gasteiger partial charge is 0.507 e. The summed E-state index contributed by atoms with van der Waals surface area (Å²) in [5, 5.41) is 9.59. The summed E-state index contributed by atoms with van der Waals surface area (Å²) in [7, 11) is 0. The third kappa shape index (κ3) is 2.43. The summed E-state index contributed by atoms with van der Waals surface area (Å²) in [5.74, 6) is -1.28. The molecule has 0 heterocycles. The first-order valence-electron chi connectivity index (χ1n) is 5.28. The first kappa shape index (κ1) is 12.8. The van der Waals surface area contributed by atoms with Crippen molar-refractivity contribution in [2.45, 2.75) is 6.92 Å². The predicted molar refractivity (Wildman–Crippen MR) is 70.4 cm³/mol. The summed E-state index contributed by atoms with van der Waals surface area (Å²) < 4.78 is 13.5. The minimum absolute atomic E-state index is 0.0842. The first-order chi connectivity index (χ1) is 8.49. The maximum Gasteiger partial charge on any atom is 0.197 e. The average Bonchev–Trinajstić information content (AvgIpc) is 2.28. The molecule has 0 aliphatic rings. The molecule has 0 unspecified atom stereocenters. The zero-order chi connectivity index (χ0) is 13.3. The summed E-state index contributed by atoms with van der Waals surface area (Å²) in [6, 6.07) is 8.64. The highest BCUT2D eigenvalue weighted by atomic mass is 79.9. The van der Waals surface area contributed by atoms with Gasteiger partial charge < -0.3 is 5.11 Å². The van der Waals surface area contributed by atoms with Gasteiger partial charge in [-0.15, -0.1) is 0 Å². The van der Waals surface area contributed by atoms with Gasteiger partial charge in [0.25, 0.3) is 0 Å². The van der Waals surface area contributed by atoms with Gasteiger partial charge in [0.05, 0.1) is 5.56 Å². The van der Waals surface area contributed by atoms with E-state index in [-0.39, 0.29) is 17.1 Å². The van der Waals surface area contributed by atoms with E-state index >= 15 is 0 Å². The van der Waals surface area contributed by atoms with Crippen LogP contribution in [0.2, 0.25) is 0 Å². The minimum atomic E-state index is -0.577. The fourth-order valence-electron chi connectivity index (χ4n) is 1.65. The van der Waals surface area contributed by atoms with E-state index in [4.69, 9.17) is 0 Å². The molecule has 0 atom stereocenters. The number of carbonyl (C=O) groups excluding carboxylic acids is 1. The van der Waals surface area contributed by atoms with E-state index < -0.39 is 5.82 Å². The Labute approximate surface area is 112 Å². The predicted octanol–water partition coefficient (Wildman–Crippen LogP) is 3.83. The molecule has 0 saturated heterocycles. The molecule has 0 amide bonds. The lowest BCUT2D eigenvalue weighted by Crippen LogP contribution is -2.03. The monoisotopic (exact) mass is 308 g/mol. The van der Waals surface area contributed by atoms with Crippen LogP contribution in [0.15, 0.2) is 40.9 Å². The minimum Gasteiger partial charge on any atom is -0.507 e. The van der Waals surface area contributed by atoms with Crippen LogP contribution in [0, 0.1) is 12.7 Å². The van der Waals surface area contributed by atoms with Crippen molar-refractivity contribution in [1.29, 1.82) is 0 Å². The van der Waals surface area contributed by atoms with E-state index in [0.717, 1.165) is 17.7 Å². The standard InChI is InChI=1S/C14H10BrFO2/c1-8-2-4-10(12(15)6-8)14(18)11-5-3-9(16)7-13(11)17/h2-7,17H,1H3. The first-order valence-corrected chi connectivity index (χ1v) is 6.07. The molecule has 92 valence electrons. The molecule has 2 aromatic carbocycles. The van der Waals surface area contributed by atoms with Crippen molar-refractivity contribution in [3.05, 3.63) is 63.4 Å². The maximum atomic E-state index is 12.9. The number of halogens is 2. The second-order valence-corrected chi connectivity index (χ2v) is 4.83. The number of hydrogen-bond acceptors (Lipinski definition) is 2. The number of hydrogen-bond donors (Lipinski definition) is 1. The van der Waals surface area contributed by atoms with Crippen molar-refractivity contribution in [1.82, 2.24) is 0 Å². The van der Waals surface area contributed by atoms with Gasteiger partial charge in [-0.1, -0.05) is 22.0 Å². The van der Waals surface area contributed by atoms with Crippen molar-refractivity contribution in [3.8, 4) is 5.75 Å². The summed E-state index contributed by atoms with van der Waals surface area (Å²) in [5.41, 5.74) is 1.53. The van der Waals surface area contributed by atoms with Crippen LogP contribution in [0.1, 0.15) is 21.5 Å². The second-order valence-electron chi connectivity index (χ2n) is 3.97. The topological polar surface area (TPSA) is 37.3 Å². The molecule has 2 aromatic rings. The molecular weight excluding hydrogens is 299 g/mol. The number of benzene rings is 2. The molecule has 0 spiro atoms. The number of phenolic OH excluding ortho intramolecular Hbond substituents is 1. The molecule has 0 aromatic heterocycles. The molecule has 0 fully saturated rings. The van der Waals surface area contributed by atoms with Crippen molar-refractivity contribution in [2.24, 2.45) is 0 Å². The lowest BCUT2D eigenvalue weighted by atomic mass is 10.0. The van der Waals surface area contributed by atoms with Crippen LogP contribution in [0.5, 0.6) is 5.75 Å². The Morgan fingerprint density at radius 2 is 1.83 bits per heavy atom. The van der Waals surface area contributed by atoms with Gasteiger partial charge in [0.1, 0.15) is 11.6 Å². The van der Waals surface area contributed by atoms with E-state index in [1.807, 2.05) is 13.0 Å². The van der Waals surface area contributed by atoms with E-state index in [1.54, 1.807) is 12.1 Å². The molecular formula is C14H10BrFO2. The van der Waals surface area contributed by atoms with Crippen LogP contribution in [0.25, 0.3) is 0 Å². The lowest BCUT2D eigenvalue weighted by molar-refractivity contribution is 0.103. The Hall–Kier alpha value is -1.68. The van der Waals surface area contributed by atoms with Gasteiger partial charge >= 0.3 is 0 Å². The molecule has 4 heteroatoms. The van der Waals surface area contributed by atoms with Crippen LogP contribution in [-0.2, 0) is 0 Å². The van der Waals surface area contributed by atoms with E-state index in [2.05, 4.69) is 15.9 Å². The molecule has 0 saturated carbocycles. The highest BCUT2D eigenvalue weighted by Gasteiger charge is 2.16. The van der Waals surface area contributed by atoms with Gasteiger partial charge in [0.15, 0.2) is 5.78 Å². The van der Waals surface area contributed by atoms with Crippen molar-refractivity contribution in [3.63, 3.8) is 0 Å². The smallest absolute Gasteiger partial charge is 0.197 e. The van der Waals surface area contributed by atoms with Crippen molar-refractivity contribution < 1.29 is 14.3 Å². The van der Waals surface area contributed by atoms with Gasteiger partial charge in [-0.05, 0) is 36.8 Å². The van der Waals surface area contributed by atoms with Gasteiger partial charge in [-0.2, -0.15) is 0 Å². The van der Waals surface area contributed by atoms with Crippen LogP contribution >= 0.6 is 15.9 Å². The number of aromatic hydroxyl groups is 1. The Morgan fingerprint density at radius 1 is 1.17 bits per heavy atom. The van der Waals surface area contributed by atoms with Crippen molar-refractivity contribution >= 4 is 21.7 Å². The highest BCUT2D eigenvalue weighted by molar-refractivity contribution is 9.10. The van der Waals surface area contributed by atoms with Crippen LogP contribution in [0.4, 0.5) is 4.39 Å². The zero-order valence-electron chi connectivity index (χ0n) is 9.58. The number of aryl methyl sites for hydroxylation is 1. The van der Waals surface area contributed by atoms with Gasteiger partial charge in [-0.3, -0.25) is 4.79 Å². The fourth-order valence-corrected chi connectivity index (χ4v) is 2.32. The number of carbonyl (C=O) groups is 1. The van der Waals surface area contributed by atoms with Gasteiger partial charge in [0.2, 0.25) is 0 Å². The fraction of sp³-hybridized carbons (Fsp3) is 0.0714. The van der Waals surface area contributed by atoms with E-state index in [1.165, 1.54) is 6.07 Å². The number of phenols is 1. The van der Waals surface area contributed by atoms with E-state index in [9.17, 15) is 14.3 Å². The second kappa shape index (κ2) is 4.90. The molecule has 0 bridgehead atoms. The average molecular weight is 309 g/mol. The van der Waals surface area contributed by atoms with Crippen LogP contribution in [-0.4, -0.2) is 10.9 Å². The Kier molecular flexibility index (Phi) is 3.48. The SMILES string of the molecule is Cc1ccc(C(=O)c2ccc(F)cc2O)c(Br)c1. The molecule has 0 aliphatic carbocycles. The summed E-state index contributed by atoms with van der Waals surface area (Å²) >= 11 is 3.31. The Morgan fingerprint density at radius 3 is 2.44 bits per heavy atom. The highest BCUT2D eigenvalue weighted by Crippen LogP contribution is 2.26. The number of ketones is 1. The zero-order valence-corrected chi connectivity index (χ0v) is 11.2. The Balaban J connectivity index is 2.48. The molecule has 2 nitrogen and oxygen atoms in total. The number of rotatable bonds is 2. The normalized spacial score (nSPS) is 10.4. The van der Waals surface area contributed by atoms with Crippen molar-refractivity contribution in [2.75, 3.05) is 0 Å². The summed E-state index contributed by atoms with van der Waals surface area (Å²) in [6.45, 7) is 1.91. The quantitative estimate of drug-likeness (QED) is 0.856. The summed E-state index contributed by atoms with van der Waals surface area (Å²) in [4.78, 5) is 12.2. The van der Waals surface area contributed by atoms with E-state index in [0.29, 0.717) is 10.0 Å². The van der Waals surface area contributed by atoms with Gasteiger partial charge in [-0.25, -0.2) is 4.39 Å². The maximum absolute atomic E-state index is 12.9. The molecule has 1 N–H and O–H groups in total. The molecule has 0 radical (unpaired) electrons. The summed E-state index contributed by atoms with van der Waals surface area (Å²) in [6.07, 6.45) is 0. The van der Waals surface area contributed by atoms with Crippen LogP contribution < -0.4 is 0 Å². The Bertz CT molecular complexity index is 570. The van der Waals surface area contributed by atoms with Crippen LogP contribution in [0.3, 0.4) is 0 Å². The molecule has 0 aliphatic heterocycles. The van der Waals surface area contributed by atoms with Gasteiger partial charge in [0, 0.05) is 16.1 Å². The molecule has 18 heavy (non-hydrogen) atoms. The lowest BCUT2D eigenvalue weighted by Gasteiger charge is -2.06. The third-order valence-corrected chi connectivity index (χ3v) is 3.23.